The molecule has 0 heterocycles. The SMILES string of the molecule is CC#CN(C)C1CCc2ccccc2C1. The van der Waals surface area contributed by atoms with Crippen molar-refractivity contribution >= 4 is 0 Å². The number of hydrogen-bond donors (Lipinski definition) is 0. The molecule has 1 heteroatoms. The Hall–Kier alpha value is -1.42. The lowest BCUT2D eigenvalue weighted by Crippen LogP contribution is -2.33. The van der Waals surface area contributed by atoms with Crippen LogP contribution in [0.25, 0.3) is 0 Å². The summed E-state index contributed by atoms with van der Waals surface area (Å²) >= 11 is 0. The molecule has 15 heavy (non-hydrogen) atoms. The standard InChI is InChI=1S/C14H17N/c1-3-10-15(2)14-9-8-12-6-4-5-7-13(12)11-14/h4-7,14H,8-9,11H2,1-2H3. The number of hydrogen-bond acceptors (Lipinski definition) is 1. The van der Waals surface area contributed by atoms with Crippen LogP contribution < -0.4 is 0 Å². The van der Waals surface area contributed by atoms with Gasteiger partial charge in [-0.05, 0) is 37.3 Å². The van der Waals surface area contributed by atoms with Crippen molar-refractivity contribution < 1.29 is 0 Å². The number of nitrogens with zero attached hydrogens (tertiary/aromatic N) is 1. The van der Waals surface area contributed by atoms with E-state index in [1.165, 1.54) is 24.0 Å². The van der Waals surface area contributed by atoms with Gasteiger partial charge in [0.2, 0.25) is 0 Å². The van der Waals surface area contributed by atoms with Crippen LogP contribution in [-0.4, -0.2) is 18.0 Å². The van der Waals surface area contributed by atoms with E-state index in [0.29, 0.717) is 6.04 Å². The predicted octanol–water partition coefficient (Wildman–Crippen LogP) is 2.46. The van der Waals surface area contributed by atoms with Gasteiger partial charge in [0.25, 0.3) is 0 Å². The first-order valence-corrected chi connectivity index (χ1v) is 5.53. The third-order valence-corrected chi connectivity index (χ3v) is 3.16. The molecule has 1 atom stereocenters. The van der Waals surface area contributed by atoms with E-state index in [1.54, 1.807) is 0 Å². The minimum Gasteiger partial charge on any atom is -0.332 e. The van der Waals surface area contributed by atoms with Gasteiger partial charge in [0.05, 0.1) is 0 Å². The van der Waals surface area contributed by atoms with Gasteiger partial charge in [0.15, 0.2) is 0 Å². The lowest BCUT2D eigenvalue weighted by atomic mass is 9.88. The molecule has 0 N–H and O–H groups in total. The molecule has 1 aliphatic rings. The highest BCUT2D eigenvalue weighted by molar-refractivity contribution is 5.30. The second-order valence-electron chi connectivity index (χ2n) is 4.14. The molecule has 1 unspecified atom stereocenters. The molecule has 0 radical (unpaired) electrons. The summed E-state index contributed by atoms with van der Waals surface area (Å²) in [4.78, 5) is 2.16. The van der Waals surface area contributed by atoms with Gasteiger partial charge >= 0.3 is 0 Å². The topological polar surface area (TPSA) is 3.24 Å². The third kappa shape index (κ3) is 2.15. The molecule has 0 bridgehead atoms. The van der Waals surface area contributed by atoms with Gasteiger partial charge in [0, 0.05) is 19.1 Å². The van der Waals surface area contributed by atoms with Crippen LogP contribution in [0.4, 0.5) is 0 Å². The molecule has 1 aromatic rings. The van der Waals surface area contributed by atoms with E-state index in [1.807, 2.05) is 6.92 Å². The van der Waals surface area contributed by atoms with E-state index in [-0.39, 0.29) is 0 Å². The van der Waals surface area contributed by atoms with Crippen molar-refractivity contribution in [3.05, 3.63) is 35.4 Å². The van der Waals surface area contributed by atoms with E-state index in [4.69, 9.17) is 0 Å². The van der Waals surface area contributed by atoms with E-state index in [2.05, 4.69) is 48.2 Å². The number of likely N-dealkylation sites (N-methyl/N-ethyl adjacent to an activating group) is 1. The average molecular weight is 199 g/mol. The monoisotopic (exact) mass is 199 g/mol. The minimum absolute atomic E-state index is 0.590. The van der Waals surface area contributed by atoms with Crippen LogP contribution in [0.2, 0.25) is 0 Å². The third-order valence-electron chi connectivity index (χ3n) is 3.16. The Morgan fingerprint density at radius 1 is 1.27 bits per heavy atom. The van der Waals surface area contributed by atoms with Crippen LogP contribution in [0.3, 0.4) is 0 Å². The molecule has 0 amide bonds. The van der Waals surface area contributed by atoms with Crippen molar-refractivity contribution in [2.45, 2.75) is 32.2 Å². The Morgan fingerprint density at radius 2 is 2.00 bits per heavy atom. The first kappa shape index (κ1) is 10.1. The maximum absolute atomic E-state index is 3.13. The zero-order chi connectivity index (χ0) is 10.7. The summed E-state index contributed by atoms with van der Waals surface area (Å²) in [6, 6.07) is 12.5. The Morgan fingerprint density at radius 3 is 2.73 bits per heavy atom. The summed E-state index contributed by atoms with van der Waals surface area (Å²) in [5.41, 5.74) is 3.02. The molecule has 78 valence electrons. The molecule has 0 saturated carbocycles. The normalized spacial score (nSPS) is 18.7. The summed E-state index contributed by atoms with van der Waals surface area (Å²) in [5.74, 6) is 2.96. The Balaban J connectivity index is 2.14. The predicted molar refractivity (Wildman–Crippen MR) is 63.5 cm³/mol. The zero-order valence-corrected chi connectivity index (χ0v) is 9.46. The molecule has 1 nitrogen and oxygen atoms in total. The lowest BCUT2D eigenvalue weighted by molar-refractivity contribution is 0.315. The summed E-state index contributed by atoms with van der Waals surface area (Å²) in [7, 11) is 2.09. The Bertz CT molecular complexity index is 397. The number of fused-ring (bicyclic) bond motifs is 1. The van der Waals surface area contributed by atoms with Gasteiger partial charge in [-0.3, -0.25) is 0 Å². The molecular weight excluding hydrogens is 182 g/mol. The van der Waals surface area contributed by atoms with Crippen LogP contribution in [0.5, 0.6) is 0 Å². The van der Waals surface area contributed by atoms with Crippen LogP contribution in [0.15, 0.2) is 24.3 Å². The highest BCUT2D eigenvalue weighted by atomic mass is 15.1. The van der Waals surface area contributed by atoms with Gasteiger partial charge in [0.1, 0.15) is 0 Å². The molecule has 0 aliphatic heterocycles. The van der Waals surface area contributed by atoms with Crippen LogP contribution in [0, 0.1) is 12.0 Å². The Labute approximate surface area is 92.1 Å². The fourth-order valence-electron chi connectivity index (χ4n) is 2.28. The van der Waals surface area contributed by atoms with Crippen molar-refractivity contribution in [2.24, 2.45) is 0 Å². The smallest absolute Gasteiger partial charge is 0.0411 e. The van der Waals surface area contributed by atoms with Crippen LogP contribution >= 0.6 is 0 Å². The van der Waals surface area contributed by atoms with Crippen molar-refractivity contribution in [1.29, 1.82) is 0 Å². The summed E-state index contributed by atoms with van der Waals surface area (Å²) in [5, 5.41) is 0. The van der Waals surface area contributed by atoms with E-state index in [9.17, 15) is 0 Å². The highest BCUT2D eigenvalue weighted by Crippen LogP contribution is 2.23. The molecule has 0 fully saturated rings. The first-order chi connectivity index (χ1) is 7.31. The maximum Gasteiger partial charge on any atom is 0.0411 e. The molecular formula is C14H17N. The van der Waals surface area contributed by atoms with E-state index in [0.717, 1.165) is 6.42 Å². The van der Waals surface area contributed by atoms with Crippen LogP contribution in [-0.2, 0) is 12.8 Å². The molecule has 0 saturated heterocycles. The van der Waals surface area contributed by atoms with Gasteiger partial charge in [-0.1, -0.05) is 30.2 Å². The van der Waals surface area contributed by atoms with Crippen molar-refractivity contribution in [2.75, 3.05) is 7.05 Å². The van der Waals surface area contributed by atoms with E-state index < -0.39 is 0 Å². The van der Waals surface area contributed by atoms with Gasteiger partial charge in [-0.2, -0.15) is 0 Å². The van der Waals surface area contributed by atoms with Gasteiger partial charge in [-0.25, -0.2) is 0 Å². The van der Waals surface area contributed by atoms with Crippen LogP contribution in [0.1, 0.15) is 24.5 Å². The first-order valence-electron chi connectivity index (χ1n) is 5.53. The number of rotatable bonds is 1. The number of benzene rings is 1. The van der Waals surface area contributed by atoms with Crippen molar-refractivity contribution in [3.8, 4) is 12.0 Å². The average Bonchev–Trinajstić information content (AvgIpc) is 2.29. The second kappa shape index (κ2) is 4.40. The second-order valence-corrected chi connectivity index (χ2v) is 4.14. The van der Waals surface area contributed by atoms with Gasteiger partial charge < -0.3 is 4.90 Å². The fourth-order valence-corrected chi connectivity index (χ4v) is 2.28. The van der Waals surface area contributed by atoms with E-state index >= 15 is 0 Å². The molecule has 1 aliphatic carbocycles. The maximum atomic E-state index is 3.13. The highest BCUT2D eigenvalue weighted by Gasteiger charge is 2.20. The molecule has 1 aromatic carbocycles. The largest absolute Gasteiger partial charge is 0.332 e. The summed E-state index contributed by atoms with van der Waals surface area (Å²) in [6.07, 6.45) is 3.56. The lowest BCUT2D eigenvalue weighted by Gasteiger charge is -2.29. The summed E-state index contributed by atoms with van der Waals surface area (Å²) in [6.45, 7) is 1.90. The zero-order valence-electron chi connectivity index (χ0n) is 9.46. The molecule has 0 aromatic heterocycles. The summed E-state index contributed by atoms with van der Waals surface area (Å²) < 4.78 is 0. The minimum atomic E-state index is 0.590. The molecule has 0 spiro atoms. The quantitative estimate of drug-likeness (QED) is 0.496. The Kier molecular flexibility index (Phi) is 2.97. The van der Waals surface area contributed by atoms with Crippen molar-refractivity contribution in [3.63, 3.8) is 0 Å². The van der Waals surface area contributed by atoms with Gasteiger partial charge in [-0.15, -0.1) is 0 Å². The van der Waals surface area contributed by atoms with Crippen molar-refractivity contribution in [1.82, 2.24) is 4.90 Å². The molecule has 2 rings (SSSR count). The fraction of sp³-hybridized carbons (Fsp3) is 0.429. The number of aryl methyl sites for hydroxylation is 1.